The number of methoxy groups -OCH3 is 1. The van der Waals surface area contributed by atoms with Gasteiger partial charge in [-0.3, -0.25) is 4.79 Å². The first-order valence-electron chi connectivity index (χ1n) is 10.7. The van der Waals surface area contributed by atoms with E-state index in [0.717, 1.165) is 59.1 Å². The number of para-hydroxylation sites is 2. The fourth-order valence-electron chi connectivity index (χ4n) is 4.40. The number of benzene rings is 3. The van der Waals surface area contributed by atoms with E-state index in [1.54, 1.807) is 7.11 Å². The number of anilines is 2. The van der Waals surface area contributed by atoms with E-state index in [2.05, 4.69) is 22.3 Å². The highest BCUT2D eigenvalue weighted by atomic mass is 16.5. The van der Waals surface area contributed by atoms with E-state index in [1.165, 1.54) is 0 Å². The van der Waals surface area contributed by atoms with E-state index in [-0.39, 0.29) is 12.0 Å². The highest BCUT2D eigenvalue weighted by Gasteiger charge is 2.20. The fourth-order valence-corrected chi connectivity index (χ4v) is 4.40. The number of rotatable bonds is 4. The van der Waals surface area contributed by atoms with E-state index >= 15 is 0 Å². The number of fused-ring (bicyclic) bond motifs is 2. The minimum Gasteiger partial charge on any atom is -0.380 e. The van der Waals surface area contributed by atoms with Crippen LogP contribution in [0.4, 0.5) is 11.4 Å². The number of carbonyl (C=O) groups excluding carboxylic acids is 1. The van der Waals surface area contributed by atoms with Crippen LogP contribution >= 0.6 is 0 Å². The fraction of sp³-hybridized carbons (Fsp3) is 0.231. The Kier molecular flexibility index (Phi) is 5.26. The summed E-state index contributed by atoms with van der Waals surface area (Å²) in [5, 5.41) is 4.79. The summed E-state index contributed by atoms with van der Waals surface area (Å²) in [7, 11) is 1.78. The molecule has 2 heterocycles. The molecule has 0 aliphatic carbocycles. The van der Waals surface area contributed by atoms with Crippen LogP contribution in [-0.4, -0.2) is 37.2 Å². The van der Waals surface area contributed by atoms with Gasteiger partial charge in [0, 0.05) is 42.3 Å². The van der Waals surface area contributed by atoms with Crippen LogP contribution in [0.1, 0.15) is 23.2 Å². The lowest BCUT2D eigenvalue weighted by Gasteiger charge is -2.33. The lowest BCUT2D eigenvalue weighted by Crippen LogP contribution is -2.39. The Bertz CT molecular complexity index is 1180. The molecule has 0 bridgehead atoms. The van der Waals surface area contributed by atoms with E-state index < -0.39 is 0 Å². The second-order valence-electron chi connectivity index (χ2n) is 7.97. The van der Waals surface area contributed by atoms with Crippen LogP contribution in [0, 0.1) is 0 Å². The molecule has 5 nitrogen and oxygen atoms in total. The summed E-state index contributed by atoms with van der Waals surface area (Å²) in [4.78, 5) is 20.4. The first-order chi connectivity index (χ1) is 15.2. The zero-order chi connectivity index (χ0) is 21.2. The Morgan fingerprint density at radius 3 is 2.26 bits per heavy atom. The zero-order valence-corrected chi connectivity index (χ0v) is 17.5. The molecule has 1 aromatic heterocycles. The normalized spacial score (nSPS) is 16.5. The van der Waals surface area contributed by atoms with Gasteiger partial charge in [-0.1, -0.05) is 36.4 Å². The van der Waals surface area contributed by atoms with Crippen molar-refractivity contribution < 1.29 is 9.53 Å². The van der Waals surface area contributed by atoms with Gasteiger partial charge in [0.15, 0.2) is 0 Å². The van der Waals surface area contributed by atoms with E-state index in [1.807, 2.05) is 60.7 Å². The number of nitrogens with one attached hydrogen (secondary N) is 1. The Morgan fingerprint density at radius 1 is 0.968 bits per heavy atom. The number of nitrogens with zero attached hydrogens (tertiary/aromatic N) is 2. The zero-order valence-electron chi connectivity index (χ0n) is 17.5. The number of hydrogen-bond donors (Lipinski definition) is 1. The minimum atomic E-state index is -0.125. The van der Waals surface area contributed by atoms with Gasteiger partial charge in [-0.25, -0.2) is 4.98 Å². The summed E-state index contributed by atoms with van der Waals surface area (Å²) in [6.45, 7) is 1.93. The SMILES string of the molecule is COC1CCCN(c2ccc(NC(=O)c3c4ccccc4nc4ccccc34)cc2)C1. The van der Waals surface area contributed by atoms with Crippen molar-refractivity contribution in [3.63, 3.8) is 0 Å². The van der Waals surface area contributed by atoms with Gasteiger partial charge in [0.05, 0.1) is 22.7 Å². The molecule has 1 aliphatic rings. The van der Waals surface area contributed by atoms with Crippen LogP contribution < -0.4 is 10.2 Å². The molecular weight excluding hydrogens is 386 g/mol. The first-order valence-corrected chi connectivity index (χ1v) is 10.7. The Labute approximate surface area is 181 Å². The lowest BCUT2D eigenvalue weighted by atomic mass is 10.0. The third-order valence-electron chi connectivity index (χ3n) is 6.02. The average molecular weight is 412 g/mol. The highest BCUT2D eigenvalue weighted by Crippen LogP contribution is 2.28. The van der Waals surface area contributed by atoms with Crippen molar-refractivity contribution in [1.82, 2.24) is 4.98 Å². The van der Waals surface area contributed by atoms with Gasteiger partial charge in [0.25, 0.3) is 5.91 Å². The topological polar surface area (TPSA) is 54.5 Å². The molecule has 1 aliphatic heterocycles. The third-order valence-corrected chi connectivity index (χ3v) is 6.02. The average Bonchev–Trinajstić information content (AvgIpc) is 2.83. The van der Waals surface area contributed by atoms with E-state index in [0.29, 0.717) is 5.56 Å². The highest BCUT2D eigenvalue weighted by molar-refractivity contribution is 6.20. The number of hydrogen-bond acceptors (Lipinski definition) is 4. The molecule has 1 N–H and O–H groups in total. The molecule has 0 radical (unpaired) electrons. The van der Waals surface area contributed by atoms with Crippen molar-refractivity contribution in [3.8, 4) is 0 Å². The Morgan fingerprint density at radius 2 is 1.61 bits per heavy atom. The van der Waals surface area contributed by atoms with Gasteiger partial charge in [0.2, 0.25) is 0 Å². The van der Waals surface area contributed by atoms with E-state index in [9.17, 15) is 4.79 Å². The molecule has 156 valence electrons. The molecule has 0 saturated carbocycles. The number of ether oxygens (including phenoxy) is 1. The van der Waals surface area contributed by atoms with Crippen molar-refractivity contribution in [2.75, 3.05) is 30.4 Å². The molecule has 4 aromatic rings. The van der Waals surface area contributed by atoms with Gasteiger partial charge < -0.3 is 15.0 Å². The van der Waals surface area contributed by atoms with Gasteiger partial charge in [-0.15, -0.1) is 0 Å². The van der Waals surface area contributed by atoms with Crippen LogP contribution in [0.25, 0.3) is 21.8 Å². The van der Waals surface area contributed by atoms with Crippen molar-refractivity contribution in [1.29, 1.82) is 0 Å². The van der Waals surface area contributed by atoms with Crippen molar-refractivity contribution in [3.05, 3.63) is 78.4 Å². The summed E-state index contributed by atoms with van der Waals surface area (Å²) < 4.78 is 5.53. The van der Waals surface area contributed by atoms with Crippen LogP contribution in [0.2, 0.25) is 0 Å². The Hall–Kier alpha value is -3.44. The molecule has 1 saturated heterocycles. The maximum atomic E-state index is 13.3. The van der Waals surface area contributed by atoms with Crippen molar-refractivity contribution >= 4 is 39.1 Å². The summed E-state index contributed by atoms with van der Waals surface area (Å²) in [6.07, 6.45) is 2.51. The molecule has 1 amide bonds. The Balaban J connectivity index is 1.43. The van der Waals surface area contributed by atoms with Crippen molar-refractivity contribution in [2.24, 2.45) is 0 Å². The molecule has 3 aromatic carbocycles. The van der Waals surface area contributed by atoms with E-state index in [4.69, 9.17) is 9.72 Å². The predicted octanol–water partition coefficient (Wildman–Crippen LogP) is 5.26. The summed E-state index contributed by atoms with van der Waals surface area (Å²) >= 11 is 0. The van der Waals surface area contributed by atoms with Gasteiger partial charge in [0.1, 0.15) is 0 Å². The predicted molar refractivity (Wildman–Crippen MR) is 126 cm³/mol. The maximum Gasteiger partial charge on any atom is 0.257 e. The number of piperidine rings is 1. The summed E-state index contributed by atoms with van der Waals surface area (Å²) in [5.41, 5.74) is 4.22. The minimum absolute atomic E-state index is 0.125. The number of aromatic nitrogens is 1. The molecule has 1 unspecified atom stereocenters. The quantitative estimate of drug-likeness (QED) is 0.466. The second-order valence-corrected chi connectivity index (χ2v) is 7.97. The molecule has 5 heteroatoms. The van der Waals surface area contributed by atoms with Crippen LogP contribution in [0.5, 0.6) is 0 Å². The van der Waals surface area contributed by atoms with Crippen LogP contribution in [0.3, 0.4) is 0 Å². The maximum absolute atomic E-state index is 13.3. The molecule has 0 spiro atoms. The number of carbonyl (C=O) groups is 1. The molecule has 31 heavy (non-hydrogen) atoms. The third kappa shape index (κ3) is 3.84. The molecule has 1 atom stereocenters. The second kappa shape index (κ2) is 8.36. The van der Waals surface area contributed by atoms with Crippen LogP contribution in [0.15, 0.2) is 72.8 Å². The largest absolute Gasteiger partial charge is 0.380 e. The lowest BCUT2D eigenvalue weighted by molar-refractivity contribution is 0.0893. The standard InChI is InChI=1S/C26H25N3O2/c1-31-20-7-6-16-29(17-20)19-14-12-18(13-15-19)27-26(30)25-21-8-2-4-10-23(21)28-24-11-5-3-9-22(24)25/h2-5,8-15,20H,6-7,16-17H2,1H3,(H,27,30). The molecular formula is C26H25N3O2. The number of pyridine rings is 1. The smallest absolute Gasteiger partial charge is 0.257 e. The summed E-state index contributed by atoms with van der Waals surface area (Å²) in [5.74, 6) is -0.125. The molecule has 5 rings (SSSR count). The van der Waals surface area contributed by atoms with Crippen molar-refractivity contribution in [2.45, 2.75) is 18.9 Å². The molecule has 1 fully saturated rings. The van der Waals surface area contributed by atoms with Gasteiger partial charge >= 0.3 is 0 Å². The van der Waals surface area contributed by atoms with Crippen LogP contribution in [-0.2, 0) is 4.74 Å². The van der Waals surface area contributed by atoms with Gasteiger partial charge in [-0.05, 0) is 49.2 Å². The number of amides is 1. The summed E-state index contributed by atoms with van der Waals surface area (Å²) in [6, 6.07) is 23.6. The first kappa shape index (κ1) is 19.5. The monoisotopic (exact) mass is 411 g/mol. The van der Waals surface area contributed by atoms with Gasteiger partial charge in [-0.2, -0.15) is 0 Å².